The van der Waals surface area contributed by atoms with E-state index in [1.165, 1.54) is 77.5 Å². The van der Waals surface area contributed by atoms with E-state index in [-0.39, 0.29) is 33.5 Å². The number of carbonyl (C=O) groups is 1. The van der Waals surface area contributed by atoms with Crippen LogP contribution in [0.4, 0.5) is 20.3 Å². The maximum absolute atomic E-state index is 14.9. The lowest BCUT2D eigenvalue weighted by Crippen LogP contribution is -2.29. The van der Waals surface area contributed by atoms with Gasteiger partial charge >= 0.3 is 0 Å². The Balaban J connectivity index is 1.27. The van der Waals surface area contributed by atoms with Crippen LogP contribution in [0.1, 0.15) is 21.6 Å². The van der Waals surface area contributed by atoms with Gasteiger partial charge in [-0.05, 0) is 86.6 Å². The van der Waals surface area contributed by atoms with E-state index >= 15 is 0 Å². The number of carbonyl (C=O) groups excluding carboxylic acids is 1. The normalized spacial score (nSPS) is 11.2. The number of halogens is 2. The van der Waals surface area contributed by atoms with Gasteiger partial charge in [-0.2, -0.15) is 0 Å². The Hall–Kier alpha value is -5.36. The van der Waals surface area contributed by atoms with Crippen LogP contribution < -0.4 is 20.3 Å². The van der Waals surface area contributed by atoms with Crippen molar-refractivity contribution >= 4 is 27.4 Å². The van der Waals surface area contributed by atoms with Crippen LogP contribution in [0.15, 0.2) is 107 Å². The van der Waals surface area contributed by atoms with Gasteiger partial charge in [-0.3, -0.25) is 18.9 Å². The molecule has 0 spiro atoms. The Morgan fingerprint density at radius 3 is 2.26 bits per heavy atom. The summed E-state index contributed by atoms with van der Waals surface area (Å²) >= 11 is 0. The number of anilines is 2. The average molecular weight is 603 g/mol. The van der Waals surface area contributed by atoms with Gasteiger partial charge in [0.25, 0.3) is 21.5 Å². The highest BCUT2D eigenvalue weighted by atomic mass is 32.2. The quantitative estimate of drug-likeness (QED) is 0.226. The topological polar surface area (TPSA) is 119 Å². The first-order chi connectivity index (χ1) is 20.5. The van der Waals surface area contributed by atoms with Gasteiger partial charge in [0.15, 0.2) is 11.6 Å². The Morgan fingerprint density at radius 1 is 0.884 bits per heavy atom. The number of aryl methyl sites for hydroxylation is 2. The molecular weight excluding hydrogens is 578 g/mol. The number of nitrogens with one attached hydrogen (secondary N) is 2. The van der Waals surface area contributed by atoms with Crippen molar-refractivity contribution in [3.63, 3.8) is 0 Å². The molecule has 0 bridgehead atoms. The smallest absolute Gasteiger partial charge is 0.268 e. The number of sulfonamides is 1. The molecule has 2 heterocycles. The molecule has 2 N–H and O–H groups in total. The van der Waals surface area contributed by atoms with Crippen molar-refractivity contribution in [2.24, 2.45) is 0 Å². The van der Waals surface area contributed by atoms with Crippen molar-refractivity contribution in [1.29, 1.82) is 0 Å². The van der Waals surface area contributed by atoms with Gasteiger partial charge in [0.05, 0.1) is 11.1 Å². The van der Waals surface area contributed by atoms with Crippen molar-refractivity contribution in [3.05, 3.63) is 136 Å². The Morgan fingerprint density at radius 2 is 1.60 bits per heavy atom. The molecule has 0 aliphatic carbocycles. The Kier molecular flexibility index (Phi) is 8.04. The number of pyridine rings is 2. The number of aromatic nitrogens is 2. The molecule has 0 saturated heterocycles. The predicted octanol–water partition coefficient (Wildman–Crippen LogP) is 5.97. The van der Waals surface area contributed by atoms with Crippen LogP contribution >= 0.6 is 0 Å². The summed E-state index contributed by atoms with van der Waals surface area (Å²) in [6.45, 7) is 3.52. The van der Waals surface area contributed by atoms with Crippen LogP contribution in [-0.2, 0) is 10.0 Å². The molecule has 5 aromatic rings. The first-order valence-corrected chi connectivity index (χ1v) is 14.3. The lowest BCUT2D eigenvalue weighted by Gasteiger charge is -2.13. The van der Waals surface area contributed by atoms with Gasteiger partial charge < -0.3 is 10.1 Å². The second-order valence-corrected chi connectivity index (χ2v) is 11.2. The van der Waals surface area contributed by atoms with Crippen LogP contribution in [0.5, 0.6) is 11.5 Å². The summed E-state index contributed by atoms with van der Waals surface area (Å²) in [6.07, 6.45) is 1.23. The minimum atomic E-state index is -3.85. The molecule has 1 amide bonds. The maximum atomic E-state index is 14.9. The monoisotopic (exact) mass is 602 g/mol. The van der Waals surface area contributed by atoms with Crippen molar-refractivity contribution < 1.29 is 26.7 Å². The van der Waals surface area contributed by atoms with E-state index in [1.54, 1.807) is 25.1 Å². The van der Waals surface area contributed by atoms with Crippen LogP contribution in [0.3, 0.4) is 0 Å². The van der Waals surface area contributed by atoms with Crippen LogP contribution in [0, 0.1) is 25.5 Å². The van der Waals surface area contributed by atoms with Gasteiger partial charge in [0, 0.05) is 23.1 Å². The summed E-state index contributed by atoms with van der Waals surface area (Å²) in [6, 6.07) is 21.0. The average Bonchev–Trinajstić information content (AvgIpc) is 2.96. The highest BCUT2D eigenvalue weighted by Gasteiger charge is 2.17. The number of benzene rings is 3. The lowest BCUT2D eigenvalue weighted by atomic mass is 10.2. The number of amides is 1. The molecule has 0 radical (unpaired) electrons. The van der Waals surface area contributed by atoms with Crippen molar-refractivity contribution in [3.8, 4) is 17.2 Å². The van der Waals surface area contributed by atoms with Gasteiger partial charge in [0.1, 0.15) is 22.9 Å². The molecule has 2 aromatic heterocycles. The first-order valence-electron chi connectivity index (χ1n) is 12.8. The molecule has 12 heteroatoms. The molecule has 218 valence electrons. The fourth-order valence-corrected chi connectivity index (χ4v) is 5.12. The van der Waals surface area contributed by atoms with E-state index in [4.69, 9.17) is 4.74 Å². The zero-order chi connectivity index (χ0) is 30.7. The van der Waals surface area contributed by atoms with Crippen molar-refractivity contribution in [2.75, 3.05) is 10.0 Å². The number of ether oxygens (including phenoxy) is 1. The summed E-state index contributed by atoms with van der Waals surface area (Å²) in [5.74, 6) is -2.04. The minimum absolute atomic E-state index is 0.0426. The molecule has 0 unspecified atom stereocenters. The van der Waals surface area contributed by atoms with Crippen LogP contribution in [-0.4, -0.2) is 23.9 Å². The fourth-order valence-electron chi connectivity index (χ4n) is 4.12. The van der Waals surface area contributed by atoms with E-state index in [2.05, 4.69) is 15.0 Å². The largest absolute Gasteiger partial charge is 0.453 e. The van der Waals surface area contributed by atoms with Gasteiger partial charge in [0.2, 0.25) is 0 Å². The molecule has 0 atom stereocenters. The number of hydrogen-bond acceptors (Lipinski definition) is 6. The Bertz CT molecular complexity index is 1980. The lowest BCUT2D eigenvalue weighted by molar-refractivity contribution is 0.102. The van der Waals surface area contributed by atoms with Gasteiger partial charge in [-0.15, -0.1) is 0 Å². The summed E-state index contributed by atoms with van der Waals surface area (Å²) in [5, 5.41) is 2.50. The second kappa shape index (κ2) is 11.9. The second-order valence-electron chi connectivity index (χ2n) is 9.50. The highest BCUT2D eigenvalue weighted by Crippen LogP contribution is 2.27. The summed E-state index contributed by atoms with van der Waals surface area (Å²) in [4.78, 5) is 30.1. The third-order valence-electron chi connectivity index (χ3n) is 6.33. The molecule has 43 heavy (non-hydrogen) atoms. The number of hydrogen-bond donors (Lipinski definition) is 2. The first kappa shape index (κ1) is 29.1. The molecule has 0 aliphatic rings. The van der Waals surface area contributed by atoms with E-state index in [0.29, 0.717) is 11.4 Å². The summed E-state index contributed by atoms with van der Waals surface area (Å²) in [5.41, 5.74) is 1.09. The third-order valence-corrected chi connectivity index (χ3v) is 7.70. The van der Waals surface area contributed by atoms with Gasteiger partial charge in [-0.25, -0.2) is 22.2 Å². The molecule has 0 aliphatic heterocycles. The molecule has 9 nitrogen and oxygen atoms in total. The van der Waals surface area contributed by atoms with Crippen molar-refractivity contribution in [1.82, 2.24) is 9.55 Å². The number of rotatable bonds is 8. The summed E-state index contributed by atoms with van der Waals surface area (Å²) in [7, 11) is -3.85. The molecule has 3 aromatic carbocycles. The Labute approximate surface area is 245 Å². The zero-order valence-electron chi connectivity index (χ0n) is 22.8. The third kappa shape index (κ3) is 6.60. The summed E-state index contributed by atoms with van der Waals surface area (Å²) < 4.78 is 62.5. The fraction of sp³-hybridized carbons (Fsp3) is 0.0645. The van der Waals surface area contributed by atoms with E-state index in [1.807, 2.05) is 6.92 Å². The van der Waals surface area contributed by atoms with E-state index in [9.17, 15) is 26.8 Å². The number of nitrogens with zero attached hydrogens (tertiary/aromatic N) is 2. The molecule has 5 rings (SSSR count). The predicted molar refractivity (Wildman–Crippen MR) is 157 cm³/mol. The van der Waals surface area contributed by atoms with E-state index < -0.39 is 33.1 Å². The van der Waals surface area contributed by atoms with Gasteiger partial charge in [-0.1, -0.05) is 17.7 Å². The SMILES string of the molecule is Cc1ccc(S(=O)(=O)Nc2ccc(Oc3ccc(NC(=O)c4ccc(C)n(-c5ccc(F)cc5)c4=O)cc3F)cn2)cc1. The van der Waals surface area contributed by atoms with Crippen molar-refractivity contribution in [2.45, 2.75) is 18.7 Å². The maximum Gasteiger partial charge on any atom is 0.268 e. The highest BCUT2D eigenvalue weighted by molar-refractivity contribution is 7.92. The van der Waals surface area contributed by atoms with Crippen LogP contribution in [0.25, 0.3) is 5.69 Å². The standard InChI is InChI=1S/C31H24F2N4O5S/c1-19-3-12-25(13-4-19)43(40,41)36-29-16-11-24(18-34-29)42-28-15-8-22(17-27(28)33)35-30(38)26-14-5-20(2)37(31(26)39)23-9-6-21(32)7-10-23/h3-18H,1-2H3,(H,34,36)(H,35,38). The molecule has 0 fully saturated rings. The minimum Gasteiger partial charge on any atom is -0.453 e. The zero-order valence-corrected chi connectivity index (χ0v) is 23.7. The molecule has 0 saturated carbocycles. The van der Waals surface area contributed by atoms with E-state index in [0.717, 1.165) is 11.6 Å². The van der Waals surface area contributed by atoms with Crippen LogP contribution in [0.2, 0.25) is 0 Å². The molecular formula is C31H24F2N4O5S.